The summed E-state index contributed by atoms with van der Waals surface area (Å²) in [5.41, 5.74) is 2.18. The molecule has 0 bridgehead atoms. The molecule has 1 heterocycles. The van der Waals surface area contributed by atoms with Crippen LogP contribution in [0, 0.1) is 6.92 Å². The SMILES string of the molecule is Cc1ccc(S(=O)(=O)N2CCCC2[Se]c2ccccc2C(C)Cl)cc1. The van der Waals surface area contributed by atoms with Gasteiger partial charge in [-0.25, -0.2) is 0 Å². The van der Waals surface area contributed by atoms with Gasteiger partial charge < -0.3 is 0 Å². The Morgan fingerprint density at radius 1 is 1.16 bits per heavy atom. The van der Waals surface area contributed by atoms with Crippen LogP contribution in [-0.4, -0.2) is 39.2 Å². The molecular weight excluding hydrogens is 421 g/mol. The van der Waals surface area contributed by atoms with Crippen molar-refractivity contribution < 1.29 is 8.42 Å². The van der Waals surface area contributed by atoms with Crippen molar-refractivity contribution >= 4 is 41.0 Å². The molecule has 1 saturated heterocycles. The number of alkyl halides is 1. The van der Waals surface area contributed by atoms with Gasteiger partial charge in [0.15, 0.2) is 0 Å². The quantitative estimate of drug-likeness (QED) is 0.525. The van der Waals surface area contributed by atoms with Gasteiger partial charge >= 0.3 is 162 Å². The second-order valence-corrected chi connectivity index (χ2v) is 11.4. The summed E-state index contributed by atoms with van der Waals surface area (Å²) in [6.45, 7) is 4.52. The van der Waals surface area contributed by atoms with E-state index in [1.165, 1.54) is 4.46 Å². The molecule has 1 aliphatic rings. The number of aryl methyl sites for hydroxylation is 1. The van der Waals surface area contributed by atoms with E-state index in [4.69, 9.17) is 11.6 Å². The van der Waals surface area contributed by atoms with Gasteiger partial charge in [0.25, 0.3) is 0 Å². The van der Waals surface area contributed by atoms with E-state index in [-0.39, 0.29) is 25.3 Å². The van der Waals surface area contributed by atoms with Gasteiger partial charge in [-0.3, -0.25) is 0 Å². The fraction of sp³-hybridized carbons (Fsp3) is 0.368. The van der Waals surface area contributed by atoms with Crippen molar-refractivity contribution in [2.75, 3.05) is 6.54 Å². The molecule has 0 N–H and O–H groups in total. The third-order valence-corrected chi connectivity index (χ3v) is 9.76. The molecule has 1 fully saturated rings. The summed E-state index contributed by atoms with van der Waals surface area (Å²) in [7, 11) is -3.44. The normalized spacial score (nSPS) is 19.9. The Morgan fingerprint density at radius 2 is 1.84 bits per heavy atom. The van der Waals surface area contributed by atoms with Gasteiger partial charge in [0, 0.05) is 0 Å². The van der Waals surface area contributed by atoms with Crippen molar-refractivity contribution in [2.24, 2.45) is 0 Å². The van der Waals surface area contributed by atoms with E-state index in [1.807, 2.05) is 44.2 Å². The van der Waals surface area contributed by atoms with E-state index in [1.54, 1.807) is 16.4 Å². The van der Waals surface area contributed by atoms with E-state index >= 15 is 0 Å². The van der Waals surface area contributed by atoms with Crippen LogP contribution in [-0.2, 0) is 10.0 Å². The number of halogens is 1. The molecular formula is C19H22ClNO2SSe. The first-order chi connectivity index (χ1) is 11.9. The number of hydrogen-bond acceptors (Lipinski definition) is 2. The minimum absolute atomic E-state index is 0.0357. The van der Waals surface area contributed by atoms with E-state index < -0.39 is 10.0 Å². The van der Waals surface area contributed by atoms with Gasteiger partial charge in [-0.2, -0.15) is 0 Å². The molecule has 134 valence electrons. The average molecular weight is 443 g/mol. The van der Waals surface area contributed by atoms with Crippen molar-refractivity contribution in [3.8, 4) is 0 Å². The Bertz CT molecular complexity index is 837. The van der Waals surface area contributed by atoms with Gasteiger partial charge in [0.2, 0.25) is 0 Å². The summed E-state index contributed by atoms with van der Waals surface area (Å²) in [4.78, 5) is 0.440. The zero-order valence-corrected chi connectivity index (χ0v) is 17.6. The van der Waals surface area contributed by atoms with Gasteiger partial charge in [-0.1, -0.05) is 0 Å². The van der Waals surface area contributed by atoms with Gasteiger partial charge in [-0.15, -0.1) is 0 Å². The zero-order chi connectivity index (χ0) is 18.0. The summed E-state index contributed by atoms with van der Waals surface area (Å²) in [5.74, 6) is 0. The Kier molecular flexibility index (Phi) is 5.92. The van der Waals surface area contributed by atoms with E-state index in [9.17, 15) is 8.42 Å². The van der Waals surface area contributed by atoms with Crippen molar-refractivity contribution in [1.82, 2.24) is 4.31 Å². The van der Waals surface area contributed by atoms with Crippen LogP contribution in [0.3, 0.4) is 0 Å². The Labute approximate surface area is 161 Å². The molecule has 0 saturated carbocycles. The van der Waals surface area contributed by atoms with E-state index in [0.717, 1.165) is 24.0 Å². The molecule has 3 rings (SSSR count). The van der Waals surface area contributed by atoms with Crippen LogP contribution in [0.1, 0.15) is 36.3 Å². The van der Waals surface area contributed by atoms with Crippen LogP contribution in [0.25, 0.3) is 0 Å². The van der Waals surface area contributed by atoms with Crippen LogP contribution in [0.15, 0.2) is 53.4 Å². The molecule has 0 spiro atoms. The Balaban J connectivity index is 1.87. The minimum atomic E-state index is -3.44. The summed E-state index contributed by atoms with van der Waals surface area (Å²) in [5, 5.41) is -0.0679. The molecule has 0 aromatic heterocycles. The summed E-state index contributed by atoms with van der Waals surface area (Å²) >= 11 is 6.34. The number of benzene rings is 2. The van der Waals surface area contributed by atoms with Gasteiger partial charge in [0.05, 0.1) is 0 Å². The third kappa shape index (κ3) is 4.12. The fourth-order valence-electron chi connectivity index (χ4n) is 3.01. The molecule has 25 heavy (non-hydrogen) atoms. The van der Waals surface area contributed by atoms with Crippen molar-refractivity contribution in [3.63, 3.8) is 0 Å². The van der Waals surface area contributed by atoms with Gasteiger partial charge in [-0.05, 0) is 0 Å². The molecule has 1 aliphatic heterocycles. The molecule has 6 heteroatoms. The Morgan fingerprint density at radius 3 is 2.52 bits per heavy atom. The third-order valence-electron chi connectivity index (χ3n) is 4.39. The first-order valence-electron chi connectivity index (χ1n) is 8.38. The first-order valence-corrected chi connectivity index (χ1v) is 12.1. The van der Waals surface area contributed by atoms with E-state index in [0.29, 0.717) is 11.4 Å². The second-order valence-electron chi connectivity index (χ2n) is 6.30. The number of hydrogen-bond donors (Lipinski definition) is 0. The number of sulfonamides is 1. The summed E-state index contributed by atoms with van der Waals surface area (Å²) < 4.78 is 29.1. The van der Waals surface area contributed by atoms with Crippen LogP contribution < -0.4 is 4.46 Å². The molecule has 2 aromatic carbocycles. The first kappa shape index (κ1) is 18.9. The molecule has 0 radical (unpaired) electrons. The standard InChI is InChI=1S/C19H22ClNO2SSe/c1-14-9-11-16(12-10-14)24(22,23)21-13-5-8-19(21)25-18-7-4-3-6-17(18)15(2)20/h3-4,6-7,9-12,15,19H,5,8,13H2,1-2H3. The topological polar surface area (TPSA) is 37.4 Å². The molecule has 2 unspecified atom stereocenters. The monoisotopic (exact) mass is 443 g/mol. The summed E-state index contributed by atoms with van der Waals surface area (Å²) in [6, 6.07) is 15.3. The summed E-state index contributed by atoms with van der Waals surface area (Å²) in [6.07, 6.45) is 1.83. The number of rotatable bonds is 5. The maximum absolute atomic E-state index is 13.1. The van der Waals surface area contributed by atoms with Crippen molar-refractivity contribution in [3.05, 3.63) is 59.7 Å². The Hall–Kier alpha value is -0.841. The molecule has 2 atom stereocenters. The predicted molar refractivity (Wildman–Crippen MR) is 104 cm³/mol. The van der Waals surface area contributed by atoms with Crippen LogP contribution in [0.2, 0.25) is 0 Å². The average Bonchev–Trinajstić information content (AvgIpc) is 3.04. The zero-order valence-electron chi connectivity index (χ0n) is 14.4. The van der Waals surface area contributed by atoms with Crippen molar-refractivity contribution in [1.29, 1.82) is 0 Å². The molecule has 3 nitrogen and oxygen atoms in total. The van der Waals surface area contributed by atoms with Crippen molar-refractivity contribution in [2.45, 2.75) is 41.9 Å². The van der Waals surface area contributed by atoms with E-state index in [2.05, 4.69) is 6.07 Å². The molecule has 2 aromatic rings. The fourth-order valence-corrected chi connectivity index (χ4v) is 8.63. The van der Waals surface area contributed by atoms with Gasteiger partial charge in [0.1, 0.15) is 0 Å². The van der Waals surface area contributed by atoms with Crippen LogP contribution >= 0.6 is 11.6 Å². The molecule has 0 amide bonds. The van der Waals surface area contributed by atoms with Crippen LogP contribution in [0.5, 0.6) is 0 Å². The maximum atomic E-state index is 13.1. The number of nitrogens with zero attached hydrogens (tertiary/aromatic N) is 1. The molecule has 0 aliphatic carbocycles. The predicted octanol–water partition coefficient (Wildman–Crippen LogP) is 3.44. The second kappa shape index (κ2) is 7.81. The van der Waals surface area contributed by atoms with Crippen LogP contribution in [0.4, 0.5) is 0 Å².